The summed E-state index contributed by atoms with van der Waals surface area (Å²) < 4.78 is 8.36. The van der Waals surface area contributed by atoms with Crippen molar-refractivity contribution in [3.05, 3.63) is 12.2 Å². The molecule has 9 heteroatoms. The van der Waals surface area contributed by atoms with E-state index in [4.69, 9.17) is 10.2 Å². The quantitative estimate of drug-likeness (QED) is 0.474. The first kappa shape index (κ1) is 13.6. The second-order valence-electron chi connectivity index (χ2n) is 3.27. The van der Waals surface area contributed by atoms with Gasteiger partial charge in [0.25, 0.3) is 5.60 Å². The molecule has 3 N–H and O–H groups in total. The van der Waals surface area contributed by atoms with Crippen LogP contribution in [0.25, 0.3) is 0 Å². The van der Waals surface area contributed by atoms with Gasteiger partial charge in [-0.25, -0.2) is 14.6 Å². The van der Waals surface area contributed by atoms with Crippen molar-refractivity contribution >= 4 is 24.3 Å². The number of aliphatic imine (C=N–C) groups is 1. The fraction of sp³-hybridized carbons (Fsp3) is 0.333. The van der Waals surface area contributed by atoms with Crippen LogP contribution in [0.15, 0.2) is 17.1 Å². The van der Waals surface area contributed by atoms with Gasteiger partial charge in [-0.2, -0.15) is 0 Å². The molecule has 0 saturated heterocycles. The highest BCUT2D eigenvalue weighted by atomic mass is 16.8. The summed E-state index contributed by atoms with van der Waals surface area (Å²) in [6, 6.07) is 0. The molecule has 0 spiro atoms. The Morgan fingerprint density at radius 3 is 2.17 bits per heavy atom. The molecular formula is C9H9NO8. The molecule has 9 nitrogen and oxygen atoms in total. The molecule has 98 valence electrons. The van der Waals surface area contributed by atoms with Gasteiger partial charge in [0.2, 0.25) is 0 Å². The zero-order valence-corrected chi connectivity index (χ0v) is 9.06. The first-order valence-electron chi connectivity index (χ1n) is 4.54. The van der Waals surface area contributed by atoms with Crippen molar-refractivity contribution in [2.75, 3.05) is 0 Å². The smallest absolute Gasteiger partial charge is 0.450 e. The van der Waals surface area contributed by atoms with E-state index in [1.165, 1.54) is 0 Å². The van der Waals surface area contributed by atoms with Gasteiger partial charge in [-0.3, -0.25) is 4.79 Å². The number of carbonyl (C=O) groups excluding carboxylic acids is 1. The molecule has 0 amide bonds. The highest BCUT2D eigenvalue weighted by molar-refractivity contribution is 5.93. The average molecular weight is 259 g/mol. The van der Waals surface area contributed by atoms with Crippen LogP contribution < -0.4 is 0 Å². The zero-order chi connectivity index (χ0) is 14.0. The molecule has 1 aliphatic rings. The van der Waals surface area contributed by atoms with Gasteiger partial charge in [-0.05, 0) is 19.1 Å². The van der Waals surface area contributed by atoms with Crippen LogP contribution in [-0.2, 0) is 14.3 Å². The van der Waals surface area contributed by atoms with Gasteiger partial charge < -0.3 is 24.8 Å². The molecule has 0 aliphatic carbocycles. The van der Waals surface area contributed by atoms with Crippen molar-refractivity contribution in [2.45, 2.75) is 18.4 Å². The summed E-state index contributed by atoms with van der Waals surface area (Å²) in [7, 11) is 0. The number of carboxylic acid groups (broad SMARTS) is 2. The third-order valence-corrected chi connectivity index (χ3v) is 2.15. The molecule has 0 aromatic carbocycles. The topological polar surface area (TPSA) is 143 Å². The molecular weight excluding hydrogens is 250 g/mol. The monoisotopic (exact) mass is 259 g/mol. The number of ether oxygens (including phenoxy) is 2. The molecule has 1 aliphatic heterocycles. The Morgan fingerprint density at radius 1 is 1.17 bits per heavy atom. The Labute approximate surface area is 100.0 Å². The SMILES string of the molecule is CC(=O)C1(OC(=O)O)C=CC=NC1(O)OC(=O)O. The van der Waals surface area contributed by atoms with E-state index in [2.05, 4.69) is 14.5 Å². The van der Waals surface area contributed by atoms with Crippen LogP contribution in [-0.4, -0.2) is 51.1 Å². The number of hydrogen-bond acceptors (Lipinski definition) is 7. The van der Waals surface area contributed by atoms with Crippen molar-refractivity contribution < 1.29 is 39.2 Å². The first-order valence-corrected chi connectivity index (χ1v) is 4.54. The normalized spacial score (nSPS) is 29.7. The minimum absolute atomic E-state index is 0.847. The predicted molar refractivity (Wildman–Crippen MR) is 54.2 cm³/mol. The fourth-order valence-corrected chi connectivity index (χ4v) is 1.41. The van der Waals surface area contributed by atoms with Crippen LogP contribution in [0.3, 0.4) is 0 Å². The van der Waals surface area contributed by atoms with Crippen molar-refractivity contribution in [3.8, 4) is 0 Å². The number of Topliss-reactive ketones (excluding diaryl/α,β-unsaturated/α-hetero) is 1. The van der Waals surface area contributed by atoms with Crippen LogP contribution in [0.1, 0.15) is 6.92 Å². The number of rotatable bonds is 3. The standard InChI is InChI=1S/C9H9NO8/c1-5(11)8(17-6(12)13)3-2-4-10-9(8,16)18-7(14)15/h2-4,16H,1H3,(H,12,13)(H,14,15). The molecule has 18 heavy (non-hydrogen) atoms. The zero-order valence-electron chi connectivity index (χ0n) is 9.06. The highest BCUT2D eigenvalue weighted by Crippen LogP contribution is 2.34. The lowest BCUT2D eigenvalue weighted by Crippen LogP contribution is -2.61. The molecule has 1 heterocycles. The molecule has 2 atom stereocenters. The average Bonchev–Trinajstić information content (AvgIpc) is 2.19. The fourth-order valence-electron chi connectivity index (χ4n) is 1.41. The largest absolute Gasteiger partial charge is 0.509 e. The maximum Gasteiger partial charge on any atom is 0.509 e. The predicted octanol–water partition coefficient (Wildman–Crippen LogP) is -0.00990. The summed E-state index contributed by atoms with van der Waals surface area (Å²) >= 11 is 0. The van der Waals surface area contributed by atoms with E-state index >= 15 is 0 Å². The first-order chi connectivity index (χ1) is 8.23. The van der Waals surface area contributed by atoms with E-state index in [-0.39, 0.29) is 0 Å². The maximum atomic E-state index is 11.5. The van der Waals surface area contributed by atoms with Crippen LogP contribution in [0.5, 0.6) is 0 Å². The van der Waals surface area contributed by atoms with Gasteiger partial charge in [0.15, 0.2) is 5.78 Å². The summed E-state index contributed by atoms with van der Waals surface area (Å²) in [5.41, 5.74) is -2.58. The molecule has 0 radical (unpaired) electrons. The van der Waals surface area contributed by atoms with E-state index < -0.39 is 29.6 Å². The third-order valence-electron chi connectivity index (χ3n) is 2.15. The maximum absolute atomic E-state index is 11.5. The summed E-state index contributed by atoms with van der Waals surface area (Å²) in [5, 5.41) is 27.0. The number of ketones is 1. The Hall–Kier alpha value is -2.42. The van der Waals surface area contributed by atoms with E-state index in [1.54, 1.807) is 0 Å². The van der Waals surface area contributed by atoms with Gasteiger partial charge in [0.05, 0.1) is 0 Å². The number of carbonyl (C=O) groups is 3. The van der Waals surface area contributed by atoms with Crippen molar-refractivity contribution in [2.24, 2.45) is 4.99 Å². The van der Waals surface area contributed by atoms with E-state index in [9.17, 15) is 19.5 Å². The molecule has 0 aromatic rings. The lowest BCUT2D eigenvalue weighted by atomic mass is 9.92. The van der Waals surface area contributed by atoms with Crippen LogP contribution in [0.2, 0.25) is 0 Å². The van der Waals surface area contributed by atoms with Crippen molar-refractivity contribution in [1.29, 1.82) is 0 Å². The van der Waals surface area contributed by atoms with Crippen molar-refractivity contribution in [3.63, 3.8) is 0 Å². The second-order valence-corrected chi connectivity index (χ2v) is 3.27. The number of hydrogen-bond donors (Lipinski definition) is 3. The second kappa shape index (κ2) is 4.45. The molecule has 0 aromatic heterocycles. The summed E-state index contributed by atoms with van der Waals surface area (Å²) in [6.45, 7) is 0.893. The van der Waals surface area contributed by atoms with Gasteiger partial charge >= 0.3 is 18.2 Å². The number of aliphatic hydroxyl groups is 1. The molecule has 0 saturated carbocycles. The van der Waals surface area contributed by atoms with Gasteiger partial charge in [-0.1, -0.05) is 0 Å². The van der Waals surface area contributed by atoms with Crippen LogP contribution in [0, 0.1) is 0 Å². The van der Waals surface area contributed by atoms with Gasteiger partial charge in [0.1, 0.15) is 0 Å². The Bertz CT molecular complexity index is 455. The number of dihydropyridines is 1. The van der Waals surface area contributed by atoms with E-state index in [0.717, 1.165) is 25.3 Å². The lowest BCUT2D eigenvalue weighted by Gasteiger charge is -2.37. The molecule has 1 rings (SSSR count). The van der Waals surface area contributed by atoms with Crippen molar-refractivity contribution in [1.82, 2.24) is 0 Å². The minimum atomic E-state index is -3.00. The number of allylic oxidation sites excluding steroid dienone is 1. The van der Waals surface area contributed by atoms with Gasteiger partial charge in [-0.15, -0.1) is 0 Å². The highest BCUT2D eigenvalue weighted by Gasteiger charge is 2.61. The summed E-state index contributed by atoms with van der Waals surface area (Å²) in [6.07, 6.45) is -0.956. The summed E-state index contributed by atoms with van der Waals surface area (Å²) in [4.78, 5) is 35.8. The minimum Gasteiger partial charge on any atom is -0.450 e. The van der Waals surface area contributed by atoms with E-state index in [1.807, 2.05) is 0 Å². The van der Waals surface area contributed by atoms with E-state index in [0.29, 0.717) is 0 Å². The molecule has 2 unspecified atom stereocenters. The van der Waals surface area contributed by atoms with Gasteiger partial charge in [0, 0.05) is 6.21 Å². The Balaban J connectivity index is 3.31. The molecule has 0 bridgehead atoms. The Kier molecular flexibility index (Phi) is 3.37. The molecule has 0 fully saturated rings. The third kappa shape index (κ3) is 2.15. The van der Waals surface area contributed by atoms with Crippen LogP contribution in [0.4, 0.5) is 9.59 Å². The lowest BCUT2D eigenvalue weighted by molar-refractivity contribution is -0.249. The summed E-state index contributed by atoms with van der Waals surface area (Å²) in [5.74, 6) is -4.00. The Morgan fingerprint density at radius 2 is 1.72 bits per heavy atom. The van der Waals surface area contributed by atoms with Crippen LogP contribution >= 0.6 is 0 Å². The number of nitrogens with zero attached hydrogens (tertiary/aromatic N) is 1.